The molecule has 0 saturated heterocycles. The van der Waals surface area contributed by atoms with Crippen molar-refractivity contribution in [3.63, 3.8) is 0 Å². The second kappa shape index (κ2) is 5.88. The minimum atomic E-state index is 0.439. The number of nitrogens with one attached hydrogen (secondary N) is 1. The van der Waals surface area contributed by atoms with Crippen LogP contribution in [0.15, 0.2) is 17.5 Å². The van der Waals surface area contributed by atoms with Gasteiger partial charge in [0.25, 0.3) is 0 Å². The maximum Gasteiger partial charge on any atom is 0.0339 e. The van der Waals surface area contributed by atoms with Crippen LogP contribution in [0.25, 0.3) is 0 Å². The average Bonchev–Trinajstić information content (AvgIpc) is 2.84. The third kappa shape index (κ3) is 3.78. The topological polar surface area (TPSA) is 12.0 Å². The summed E-state index contributed by atoms with van der Waals surface area (Å²) in [5, 5.41) is 6.12. The Hall–Kier alpha value is -0.0500. The Morgan fingerprint density at radius 2 is 2.40 bits per heavy atom. The minimum absolute atomic E-state index is 0.439. The Labute approximate surface area is 101 Å². The van der Waals surface area contributed by atoms with E-state index in [1.807, 2.05) is 11.3 Å². The number of hydrogen-bond donors (Lipinski definition) is 1. The predicted molar refractivity (Wildman–Crippen MR) is 67.9 cm³/mol. The molecular formula is C12H18ClNS. The predicted octanol–water partition coefficient (Wildman–Crippen LogP) is 3.29. The SMILES string of the molecule is ClC1CCC(CNCCc2cccs2)C1. The van der Waals surface area contributed by atoms with E-state index < -0.39 is 0 Å². The zero-order chi connectivity index (χ0) is 10.5. The first-order chi connectivity index (χ1) is 7.34. The highest BCUT2D eigenvalue weighted by molar-refractivity contribution is 7.09. The van der Waals surface area contributed by atoms with Gasteiger partial charge in [0.15, 0.2) is 0 Å². The lowest BCUT2D eigenvalue weighted by Gasteiger charge is -2.09. The summed E-state index contributed by atoms with van der Waals surface area (Å²) in [6.45, 7) is 2.25. The molecule has 0 aromatic carbocycles. The molecule has 1 fully saturated rings. The van der Waals surface area contributed by atoms with Gasteiger partial charge in [0.05, 0.1) is 0 Å². The number of rotatable bonds is 5. The molecule has 1 heterocycles. The van der Waals surface area contributed by atoms with Crippen molar-refractivity contribution in [2.24, 2.45) is 5.92 Å². The van der Waals surface area contributed by atoms with Crippen LogP contribution >= 0.6 is 22.9 Å². The lowest BCUT2D eigenvalue weighted by molar-refractivity contribution is 0.493. The maximum atomic E-state index is 6.07. The van der Waals surface area contributed by atoms with Gasteiger partial charge in [-0.3, -0.25) is 0 Å². The molecule has 1 saturated carbocycles. The summed E-state index contributed by atoms with van der Waals surface area (Å²) in [6.07, 6.45) is 4.88. The van der Waals surface area contributed by atoms with Gasteiger partial charge in [-0.05, 0) is 56.1 Å². The number of thiophene rings is 1. The highest BCUT2D eigenvalue weighted by Gasteiger charge is 2.21. The van der Waals surface area contributed by atoms with Gasteiger partial charge in [-0.2, -0.15) is 0 Å². The lowest BCUT2D eigenvalue weighted by atomic mass is 10.1. The van der Waals surface area contributed by atoms with Gasteiger partial charge in [0.1, 0.15) is 0 Å². The highest BCUT2D eigenvalue weighted by Crippen LogP contribution is 2.28. The first-order valence-electron chi connectivity index (χ1n) is 5.72. The second-order valence-electron chi connectivity index (χ2n) is 4.31. The minimum Gasteiger partial charge on any atom is -0.316 e. The van der Waals surface area contributed by atoms with Crippen molar-refractivity contribution < 1.29 is 0 Å². The normalized spacial score (nSPS) is 25.9. The standard InChI is InChI=1S/C12H18ClNS/c13-11-4-3-10(8-11)9-14-6-5-12-2-1-7-15-12/h1-2,7,10-11,14H,3-6,8-9H2. The fourth-order valence-electron chi connectivity index (χ4n) is 2.17. The zero-order valence-electron chi connectivity index (χ0n) is 8.92. The summed E-state index contributed by atoms with van der Waals surface area (Å²) >= 11 is 7.92. The van der Waals surface area contributed by atoms with Gasteiger partial charge in [-0.25, -0.2) is 0 Å². The zero-order valence-corrected chi connectivity index (χ0v) is 10.5. The van der Waals surface area contributed by atoms with E-state index in [2.05, 4.69) is 22.8 Å². The molecule has 1 nitrogen and oxygen atoms in total. The molecule has 15 heavy (non-hydrogen) atoms. The van der Waals surface area contributed by atoms with Crippen LogP contribution in [-0.2, 0) is 6.42 Å². The molecule has 0 amide bonds. The van der Waals surface area contributed by atoms with Crippen LogP contribution in [0.1, 0.15) is 24.1 Å². The van der Waals surface area contributed by atoms with Crippen molar-refractivity contribution in [1.29, 1.82) is 0 Å². The van der Waals surface area contributed by atoms with Gasteiger partial charge in [-0.15, -0.1) is 22.9 Å². The molecule has 0 aliphatic heterocycles. The first kappa shape index (κ1) is 11.4. The molecule has 0 spiro atoms. The van der Waals surface area contributed by atoms with E-state index in [9.17, 15) is 0 Å². The molecule has 1 aromatic heterocycles. The van der Waals surface area contributed by atoms with E-state index in [-0.39, 0.29) is 0 Å². The number of halogens is 1. The molecule has 84 valence electrons. The van der Waals surface area contributed by atoms with E-state index in [4.69, 9.17) is 11.6 Å². The first-order valence-corrected chi connectivity index (χ1v) is 7.03. The number of hydrogen-bond acceptors (Lipinski definition) is 2. The molecule has 1 aromatic rings. The van der Waals surface area contributed by atoms with Gasteiger partial charge in [0, 0.05) is 10.3 Å². The molecule has 1 N–H and O–H groups in total. The monoisotopic (exact) mass is 243 g/mol. The Morgan fingerprint density at radius 1 is 1.47 bits per heavy atom. The second-order valence-corrected chi connectivity index (χ2v) is 5.96. The van der Waals surface area contributed by atoms with Crippen LogP contribution in [0.2, 0.25) is 0 Å². The summed E-state index contributed by atoms with van der Waals surface area (Å²) < 4.78 is 0. The summed E-state index contributed by atoms with van der Waals surface area (Å²) in [7, 11) is 0. The van der Waals surface area contributed by atoms with Crippen molar-refractivity contribution >= 4 is 22.9 Å². The van der Waals surface area contributed by atoms with Crippen molar-refractivity contribution in [3.05, 3.63) is 22.4 Å². The Morgan fingerprint density at radius 3 is 3.07 bits per heavy atom. The molecular weight excluding hydrogens is 226 g/mol. The van der Waals surface area contributed by atoms with Crippen molar-refractivity contribution in [3.8, 4) is 0 Å². The fraction of sp³-hybridized carbons (Fsp3) is 0.667. The van der Waals surface area contributed by atoms with E-state index in [1.54, 1.807) is 0 Å². The number of alkyl halides is 1. The molecule has 0 radical (unpaired) electrons. The van der Waals surface area contributed by atoms with Crippen molar-refractivity contribution in [1.82, 2.24) is 5.32 Å². The van der Waals surface area contributed by atoms with Crippen LogP contribution < -0.4 is 5.32 Å². The highest BCUT2D eigenvalue weighted by atomic mass is 35.5. The summed E-state index contributed by atoms with van der Waals surface area (Å²) in [5.41, 5.74) is 0. The van der Waals surface area contributed by atoms with E-state index in [0.717, 1.165) is 25.4 Å². The summed E-state index contributed by atoms with van der Waals surface area (Å²) in [6, 6.07) is 4.33. The van der Waals surface area contributed by atoms with Gasteiger partial charge < -0.3 is 5.32 Å². The van der Waals surface area contributed by atoms with Crippen molar-refractivity contribution in [2.45, 2.75) is 31.1 Å². The maximum absolute atomic E-state index is 6.07. The van der Waals surface area contributed by atoms with Crippen LogP contribution in [-0.4, -0.2) is 18.5 Å². The Kier molecular flexibility index (Phi) is 4.48. The van der Waals surface area contributed by atoms with Crippen molar-refractivity contribution in [2.75, 3.05) is 13.1 Å². The van der Waals surface area contributed by atoms with Crippen LogP contribution in [0, 0.1) is 5.92 Å². The van der Waals surface area contributed by atoms with Gasteiger partial charge in [0.2, 0.25) is 0 Å². The third-order valence-corrected chi connectivity index (χ3v) is 4.37. The van der Waals surface area contributed by atoms with Crippen LogP contribution in [0.3, 0.4) is 0 Å². The largest absolute Gasteiger partial charge is 0.316 e. The molecule has 2 rings (SSSR count). The fourth-order valence-corrected chi connectivity index (χ4v) is 3.26. The van der Waals surface area contributed by atoms with E-state index in [0.29, 0.717) is 5.38 Å². The molecule has 3 heteroatoms. The van der Waals surface area contributed by atoms with Crippen LogP contribution in [0.4, 0.5) is 0 Å². The van der Waals surface area contributed by atoms with Gasteiger partial charge >= 0.3 is 0 Å². The van der Waals surface area contributed by atoms with E-state index in [1.165, 1.54) is 24.1 Å². The molecule has 2 unspecified atom stereocenters. The summed E-state index contributed by atoms with van der Waals surface area (Å²) in [4.78, 5) is 1.48. The molecule has 1 aliphatic rings. The average molecular weight is 244 g/mol. The third-order valence-electron chi connectivity index (χ3n) is 3.04. The lowest BCUT2D eigenvalue weighted by Crippen LogP contribution is -2.23. The van der Waals surface area contributed by atoms with Crippen LogP contribution in [0.5, 0.6) is 0 Å². The Bertz CT molecular complexity index is 273. The molecule has 1 aliphatic carbocycles. The quantitative estimate of drug-likeness (QED) is 0.618. The molecule has 2 atom stereocenters. The Balaban J connectivity index is 1.55. The summed E-state index contributed by atoms with van der Waals surface area (Å²) in [5.74, 6) is 0.816. The smallest absolute Gasteiger partial charge is 0.0339 e. The van der Waals surface area contributed by atoms with E-state index >= 15 is 0 Å². The van der Waals surface area contributed by atoms with Gasteiger partial charge in [-0.1, -0.05) is 6.07 Å². The molecule has 0 bridgehead atoms.